The first kappa shape index (κ1) is 7.32. The first-order valence-corrected chi connectivity index (χ1v) is 3.59. The predicted octanol–water partition coefficient (Wildman–Crippen LogP) is 1.66. The Kier molecular flexibility index (Phi) is 2.10. The average Bonchev–Trinajstić information content (AvgIpc) is 1.96. The molecule has 0 radical (unpaired) electrons. The molecule has 0 aromatic rings. The van der Waals surface area contributed by atoms with Crippen LogP contribution in [0.1, 0.15) is 26.2 Å². The smallest absolute Gasteiger partial charge is 0.333 e. The first-order chi connectivity index (χ1) is 4.70. The molecule has 1 fully saturated rings. The second-order valence-electron chi connectivity index (χ2n) is 2.71. The summed E-state index contributed by atoms with van der Waals surface area (Å²) < 4.78 is 4.98. The van der Waals surface area contributed by atoms with Crippen molar-refractivity contribution in [2.45, 2.75) is 32.3 Å². The van der Waals surface area contributed by atoms with E-state index in [4.69, 9.17) is 4.74 Å². The maximum Gasteiger partial charge on any atom is 0.333 e. The molecule has 2 heteroatoms. The van der Waals surface area contributed by atoms with E-state index in [1.165, 1.54) is 0 Å². The van der Waals surface area contributed by atoms with Crippen molar-refractivity contribution >= 4 is 5.97 Å². The molecule has 0 aromatic heterocycles. The monoisotopic (exact) mass is 140 g/mol. The van der Waals surface area contributed by atoms with E-state index in [9.17, 15) is 4.79 Å². The number of hydrogen-bond acceptors (Lipinski definition) is 2. The summed E-state index contributed by atoms with van der Waals surface area (Å²) in [5.74, 6) is -0.218. The van der Waals surface area contributed by atoms with Gasteiger partial charge in [0.05, 0.1) is 6.10 Å². The summed E-state index contributed by atoms with van der Waals surface area (Å²) in [5.41, 5.74) is 0.615. The lowest BCUT2D eigenvalue weighted by molar-refractivity contribution is -0.142. The Bertz CT molecular complexity index is 161. The molecular formula is C8H12O2. The van der Waals surface area contributed by atoms with Crippen LogP contribution >= 0.6 is 0 Å². The fraction of sp³-hybridized carbons (Fsp3) is 0.625. The summed E-state index contributed by atoms with van der Waals surface area (Å²) >= 11 is 0. The highest BCUT2D eigenvalue weighted by Gasteiger charge is 2.16. The quantitative estimate of drug-likeness (QED) is 0.378. The standard InChI is InChI=1S/C8H12O2/c1-6-4-3-5-7(2)10-8(6)9/h7H,1,3-5H2,2H3. The van der Waals surface area contributed by atoms with E-state index < -0.39 is 0 Å². The number of carbonyl (C=O) groups excluding carboxylic acids is 1. The highest BCUT2D eigenvalue weighted by molar-refractivity contribution is 5.87. The summed E-state index contributed by atoms with van der Waals surface area (Å²) in [6.45, 7) is 5.53. The van der Waals surface area contributed by atoms with Crippen molar-refractivity contribution in [2.24, 2.45) is 0 Å². The van der Waals surface area contributed by atoms with Crippen LogP contribution in [0.2, 0.25) is 0 Å². The van der Waals surface area contributed by atoms with Crippen molar-refractivity contribution in [3.8, 4) is 0 Å². The fourth-order valence-corrected chi connectivity index (χ4v) is 1.03. The van der Waals surface area contributed by atoms with Gasteiger partial charge in [-0.15, -0.1) is 0 Å². The average molecular weight is 140 g/mol. The molecule has 0 aromatic carbocycles. The molecular weight excluding hydrogens is 128 g/mol. The van der Waals surface area contributed by atoms with Crippen molar-refractivity contribution < 1.29 is 9.53 Å². The molecule has 0 spiro atoms. The molecule has 1 heterocycles. The minimum Gasteiger partial charge on any atom is -0.459 e. The Morgan fingerprint density at radius 3 is 3.10 bits per heavy atom. The van der Waals surface area contributed by atoms with Crippen LogP contribution in [0, 0.1) is 0 Å². The number of ether oxygens (including phenoxy) is 1. The van der Waals surface area contributed by atoms with Gasteiger partial charge in [0.15, 0.2) is 0 Å². The van der Waals surface area contributed by atoms with Crippen molar-refractivity contribution in [3.63, 3.8) is 0 Å². The van der Waals surface area contributed by atoms with Crippen LogP contribution in [-0.2, 0) is 9.53 Å². The maximum absolute atomic E-state index is 10.9. The molecule has 0 saturated carbocycles. The normalized spacial score (nSPS) is 27.5. The van der Waals surface area contributed by atoms with Crippen LogP contribution in [0.4, 0.5) is 0 Å². The second kappa shape index (κ2) is 2.86. The van der Waals surface area contributed by atoms with E-state index >= 15 is 0 Å². The van der Waals surface area contributed by atoms with Crippen LogP contribution in [0.3, 0.4) is 0 Å². The third-order valence-electron chi connectivity index (χ3n) is 1.69. The number of carbonyl (C=O) groups is 1. The van der Waals surface area contributed by atoms with E-state index in [0.717, 1.165) is 19.3 Å². The van der Waals surface area contributed by atoms with Crippen molar-refractivity contribution in [2.75, 3.05) is 0 Å². The molecule has 10 heavy (non-hydrogen) atoms. The zero-order chi connectivity index (χ0) is 7.56. The van der Waals surface area contributed by atoms with Crippen LogP contribution in [0.5, 0.6) is 0 Å². The SMILES string of the molecule is C=C1CCCC(C)OC1=O. The summed E-state index contributed by atoms with van der Waals surface area (Å²) in [7, 11) is 0. The molecule has 1 unspecified atom stereocenters. The highest BCUT2D eigenvalue weighted by Crippen LogP contribution is 2.16. The third-order valence-corrected chi connectivity index (χ3v) is 1.69. The minimum atomic E-state index is -0.218. The Morgan fingerprint density at radius 2 is 2.40 bits per heavy atom. The molecule has 0 amide bonds. The Balaban J connectivity index is 2.57. The van der Waals surface area contributed by atoms with Gasteiger partial charge in [-0.05, 0) is 26.2 Å². The van der Waals surface area contributed by atoms with E-state index in [2.05, 4.69) is 6.58 Å². The molecule has 1 saturated heterocycles. The lowest BCUT2D eigenvalue weighted by atomic mass is 10.1. The fourth-order valence-electron chi connectivity index (χ4n) is 1.03. The molecule has 0 aliphatic carbocycles. The summed E-state index contributed by atoms with van der Waals surface area (Å²) in [5, 5.41) is 0. The van der Waals surface area contributed by atoms with Gasteiger partial charge in [-0.1, -0.05) is 6.58 Å². The van der Waals surface area contributed by atoms with Crippen LogP contribution in [-0.4, -0.2) is 12.1 Å². The van der Waals surface area contributed by atoms with Gasteiger partial charge in [0.1, 0.15) is 0 Å². The molecule has 0 bridgehead atoms. The Morgan fingerprint density at radius 1 is 1.70 bits per heavy atom. The van der Waals surface area contributed by atoms with E-state index in [1.54, 1.807) is 0 Å². The van der Waals surface area contributed by atoms with Gasteiger partial charge in [-0.25, -0.2) is 4.79 Å². The van der Waals surface area contributed by atoms with Gasteiger partial charge in [0, 0.05) is 5.57 Å². The van der Waals surface area contributed by atoms with Crippen LogP contribution in [0.15, 0.2) is 12.2 Å². The van der Waals surface area contributed by atoms with Gasteiger partial charge in [-0.2, -0.15) is 0 Å². The summed E-state index contributed by atoms with van der Waals surface area (Å²) in [6, 6.07) is 0. The van der Waals surface area contributed by atoms with Gasteiger partial charge in [-0.3, -0.25) is 0 Å². The number of esters is 1. The maximum atomic E-state index is 10.9. The molecule has 56 valence electrons. The zero-order valence-electron chi connectivity index (χ0n) is 6.22. The molecule has 1 rings (SSSR count). The molecule has 1 aliphatic rings. The Labute approximate surface area is 60.9 Å². The van der Waals surface area contributed by atoms with Crippen LogP contribution < -0.4 is 0 Å². The summed E-state index contributed by atoms with van der Waals surface area (Å²) in [6.07, 6.45) is 2.85. The second-order valence-corrected chi connectivity index (χ2v) is 2.71. The first-order valence-electron chi connectivity index (χ1n) is 3.59. The zero-order valence-corrected chi connectivity index (χ0v) is 6.22. The predicted molar refractivity (Wildman–Crippen MR) is 38.5 cm³/mol. The van der Waals surface area contributed by atoms with Gasteiger partial charge < -0.3 is 4.74 Å². The van der Waals surface area contributed by atoms with E-state index in [0.29, 0.717) is 5.57 Å². The molecule has 1 atom stereocenters. The third kappa shape index (κ3) is 1.59. The summed E-state index contributed by atoms with van der Waals surface area (Å²) in [4.78, 5) is 10.9. The van der Waals surface area contributed by atoms with E-state index in [-0.39, 0.29) is 12.1 Å². The molecule has 0 N–H and O–H groups in total. The largest absolute Gasteiger partial charge is 0.459 e. The van der Waals surface area contributed by atoms with E-state index in [1.807, 2.05) is 6.92 Å². The van der Waals surface area contributed by atoms with Crippen LogP contribution in [0.25, 0.3) is 0 Å². The lowest BCUT2D eigenvalue weighted by Gasteiger charge is -2.06. The van der Waals surface area contributed by atoms with Crippen molar-refractivity contribution in [1.82, 2.24) is 0 Å². The number of rotatable bonds is 0. The molecule has 1 aliphatic heterocycles. The Hall–Kier alpha value is -0.790. The topological polar surface area (TPSA) is 26.3 Å². The molecule has 2 nitrogen and oxygen atoms in total. The van der Waals surface area contributed by atoms with Gasteiger partial charge in [0.25, 0.3) is 0 Å². The van der Waals surface area contributed by atoms with Gasteiger partial charge >= 0.3 is 5.97 Å². The lowest BCUT2D eigenvalue weighted by Crippen LogP contribution is -2.11. The van der Waals surface area contributed by atoms with Crippen molar-refractivity contribution in [1.29, 1.82) is 0 Å². The minimum absolute atomic E-state index is 0.0757. The van der Waals surface area contributed by atoms with Crippen molar-refractivity contribution in [3.05, 3.63) is 12.2 Å². The van der Waals surface area contributed by atoms with Gasteiger partial charge in [0.2, 0.25) is 0 Å². The highest BCUT2D eigenvalue weighted by atomic mass is 16.5. The number of hydrogen-bond donors (Lipinski definition) is 0. The number of cyclic esters (lactones) is 1.